The highest BCUT2D eigenvalue weighted by atomic mass is 35.5. The largest absolute Gasteiger partial charge is 0.381 e. The van der Waals surface area contributed by atoms with Gasteiger partial charge in [-0.25, -0.2) is 0 Å². The number of benzene rings is 1. The molecule has 2 aliphatic rings. The number of hydrogen-bond acceptors (Lipinski definition) is 2. The summed E-state index contributed by atoms with van der Waals surface area (Å²) in [6, 6.07) is 6.12. The molecular weight excluding hydrogens is 293 g/mol. The standard InChI is InChI=1S/C16H21Cl2NO/c1-3-14(20-2)16-9-15(16,6-7-19-10-16)11-4-5-12(17)13(18)8-11/h4-5,8,14,19H,3,6-7,9-10H2,1-2H3/t14-,15+,16?/m0/s1. The minimum Gasteiger partial charge on any atom is -0.381 e. The minimum absolute atomic E-state index is 0.211. The van der Waals surface area contributed by atoms with E-state index >= 15 is 0 Å². The average Bonchev–Trinajstić information content (AvgIpc) is 3.14. The van der Waals surface area contributed by atoms with Crippen LogP contribution in [0.3, 0.4) is 0 Å². The van der Waals surface area contributed by atoms with Gasteiger partial charge in [0.25, 0.3) is 0 Å². The molecule has 2 nitrogen and oxygen atoms in total. The summed E-state index contributed by atoms with van der Waals surface area (Å²) < 4.78 is 5.79. The number of halogens is 2. The highest BCUT2D eigenvalue weighted by Gasteiger charge is 2.71. The zero-order valence-electron chi connectivity index (χ0n) is 12.0. The predicted molar refractivity (Wildman–Crippen MR) is 83.8 cm³/mol. The molecule has 110 valence electrons. The van der Waals surface area contributed by atoms with E-state index in [1.807, 2.05) is 13.2 Å². The van der Waals surface area contributed by atoms with Gasteiger partial charge in [-0.15, -0.1) is 0 Å². The first-order valence-corrected chi connectivity index (χ1v) is 8.04. The fourth-order valence-corrected chi connectivity index (χ4v) is 4.62. The summed E-state index contributed by atoms with van der Waals surface area (Å²) in [5, 5.41) is 4.83. The van der Waals surface area contributed by atoms with Crippen molar-refractivity contribution in [2.75, 3.05) is 20.2 Å². The van der Waals surface area contributed by atoms with E-state index in [1.165, 1.54) is 12.0 Å². The molecule has 0 aromatic heterocycles. The lowest BCUT2D eigenvalue weighted by atomic mass is 9.77. The summed E-state index contributed by atoms with van der Waals surface area (Å²) in [7, 11) is 1.83. The van der Waals surface area contributed by atoms with Gasteiger partial charge in [0.2, 0.25) is 0 Å². The molecule has 3 atom stereocenters. The van der Waals surface area contributed by atoms with Crippen molar-refractivity contribution in [1.29, 1.82) is 0 Å². The Hall–Kier alpha value is -0.280. The Morgan fingerprint density at radius 3 is 2.80 bits per heavy atom. The molecule has 1 aliphatic heterocycles. The van der Waals surface area contributed by atoms with Gasteiger partial charge in [0.1, 0.15) is 0 Å². The Morgan fingerprint density at radius 1 is 1.35 bits per heavy atom. The number of rotatable bonds is 4. The quantitative estimate of drug-likeness (QED) is 0.905. The van der Waals surface area contributed by atoms with Gasteiger partial charge in [0.15, 0.2) is 0 Å². The van der Waals surface area contributed by atoms with Crippen LogP contribution < -0.4 is 5.32 Å². The lowest BCUT2D eigenvalue weighted by molar-refractivity contribution is 0.0189. The van der Waals surface area contributed by atoms with E-state index in [1.54, 1.807) is 0 Å². The molecule has 2 fully saturated rings. The van der Waals surface area contributed by atoms with Gasteiger partial charge in [-0.2, -0.15) is 0 Å². The zero-order valence-corrected chi connectivity index (χ0v) is 13.5. The predicted octanol–water partition coefficient (Wildman–Crippen LogP) is 4.04. The highest BCUT2D eigenvalue weighted by Crippen LogP contribution is 2.70. The molecule has 1 saturated heterocycles. The van der Waals surface area contributed by atoms with Gasteiger partial charge < -0.3 is 10.1 Å². The zero-order chi connectivity index (χ0) is 14.4. The van der Waals surface area contributed by atoms with E-state index in [4.69, 9.17) is 27.9 Å². The molecule has 0 radical (unpaired) electrons. The fourth-order valence-electron chi connectivity index (χ4n) is 4.32. The Bertz CT molecular complexity index is 517. The number of methoxy groups -OCH3 is 1. The molecule has 3 rings (SSSR count). The van der Waals surface area contributed by atoms with Gasteiger partial charge >= 0.3 is 0 Å². The number of hydrogen-bond donors (Lipinski definition) is 1. The van der Waals surface area contributed by atoms with Crippen LogP contribution in [0.2, 0.25) is 10.0 Å². The fraction of sp³-hybridized carbons (Fsp3) is 0.625. The van der Waals surface area contributed by atoms with E-state index in [9.17, 15) is 0 Å². The maximum absolute atomic E-state index is 6.23. The summed E-state index contributed by atoms with van der Waals surface area (Å²) in [4.78, 5) is 0. The van der Waals surface area contributed by atoms with Crippen LogP contribution in [0, 0.1) is 5.41 Å². The molecule has 0 amide bonds. The first-order valence-electron chi connectivity index (χ1n) is 7.29. The summed E-state index contributed by atoms with van der Waals surface area (Å²) in [5.41, 5.74) is 1.75. The Morgan fingerprint density at radius 2 is 2.15 bits per heavy atom. The number of fused-ring (bicyclic) bond motifs is 1. The third kappa shape index (κ3) is 1.93. The van der Waals surface area contributed by atoms with Crippen molar-refractivity contribution < 1.29 is 4.74 Å². The van der Waals surface area contributed by atoms with Crippen molar-refractivity contribution in [3.63, 3.8) is 0 Å². The van der Waals surface area contributed by atoms with Crippen LogP contribution in [-0.2, 0) is 10.2 Å². The van der Waals surface area contributed by atoms with Gasteiger partial charge in [-0.3, -0.25) is 0 Å². The van der Waals surface area contributed by atoms with E-state index in [-0.39, 0.29) is 10.8 Å². The van der Waals surface area contributed by atoms with Crippen molar-refractivity contribution >= 4 is 23.2 Å². The van der Waals surface area contributed by atoms with Gasteiger partial charge in [-0.05, 0) is 43.5 Å². The minimum atomic E-state index is 0.211. The summed E-state index contributed by atoms with van der Waals surface area (Å²) >= 11 is 12.3. The number of piperidine rings is 1. The van der Waals surface area contributed by atoms with Crippen LogP contribution >= 0.6 is 23.2 Å². The Labute approximate surface area is 130 Å². The van der Waals surface area contributed by atoms with E-state index < -0.39 is 0 Å². The van der Waals surface area contributed by atoms with E-state index in [0.29, 0.717) is 16.1 Å². The molecule has 1 aromatic carbocycles. The van der Waals surface area contributed by atoms with Crippen molar-refractivity contribution in [1.82, 2.24) is 5.32 Å². The Balaban J connectivity index is 2.00. The lowest BCUT2D eigenvalue weighted by Gasteiger charge is -2.36. The van der Waals surface area contributed by atoms with Crippen LogP contribution in [0.25, 0.3) is 0 Å². The first-order chi connectivity index (χ1) is 9.59. The molecule has 1 heterocycles. The third-order valence-corrected chi connectivity index (χ3v) is 6.10. The maximum Gasteiger partial charge on any atom is 0.0646 e. The Kier molecular flexibility index (Phi) is 3.79. The molecule has 1 N–H and O–H groups in total. The van der Waals surface area contributed by atoms with Crippen LogP contribution in [0.15, 0.2) is 18.2 Å². The maximum atomic E-state index is 6.23. The van der Waals surface area contributed by atoms with Crippen LogP contribution in [0.4, 0.5) is 0 Å². The van der Waals surface area contributed by atoms with Gasteiger partial charge in [0.05, 0.1) is 16.1 Å². The van der Waals surface area contributed by atoms with E-state index in [0.717, 1.165) is 25.9 Å². The molecule has 1 saturated carbocycles. The SMILES string of the molecule is CC[C@H](OC)C12CNCC[C@]1(c1ccc(Cl)c(Cl)c1)C2. The third-order valence-electron chi connectivity index (χ3n) is 5.36. The molecule has 0 spiro atoms. The number of nitrogens with one attached hydrogen (secondary N) is 1. The monoisotopic (exact) mass is 313 g/mol. The van der Waals surface area contributed by atoms with Crippen molar-refractivity contribution in [2.24, 2.45) is 5.41 Å². The van der Waals surface area contributed by atoms with Gasteiger partial charge in [-0.1, -0.05) is 36.2 Å². The van der Waals surface area contributed by atoms with Gasteiger partial charge in [0, 0.05) is 24.5 Å². The van der Waals surface area contributed by atoms with E-state index in [2.05, 4.69) is 24.4 Å². The second-order valence-corrected chi connectivity index (χ2v) is 6.92. The molecule has 1 unspecified atom stereocenters. The average molecular weight is 314 g/mol. The normalized spacial score (nSPS) is 33.6. The van der Waals surface area contributed by atoms with Crippen LogP contribution in [0.5, 0.6) is 0 Å². The second kappa shape index (κ2) is 5.17. The highest BCUT2D eigenvalue weighted by molar-refractivity contribution is 6.42. The van der Waals surface area contributed by atoms with Crippen LogP contribution in [0.1, 0.15) is 31.7 Å². The second-order valence-electron chi connectivity index (χ2n) is 6.10. The number of ether oxygens (including phenoxy) is 1. The summed E-state index contributed by atoms with van der Waals surface area (Å²) in [6.07, 6.45) is 3.66. The van der Waals surface area contributed by atoms with Crippen molar-refractivity contribution in [2.45, 2.75) is 37.7 Å². The summed E-state index contributed by atoms with van der Waals surface area (Å²) in [5.74, 6) is 0. The first kappa shape index (κ1) is 14.6. The summed E-state index contributed by atoms with van der Waals surface area (Å²) in [6.45, 7) is 4.29. The smallest absolute Gasteiger partial charge is 0.0646 e. The molecule has 1 aliphatic carbocycles. The molecular formula is C16H21Cl2NO. The molecule has 0 bridgehead atoms. The lowest BCUT2D eigenvalue weighted by Crippen LogP contribution is -2.45. The molecule has 4 heteroatoms. The van der Waals surface area contributed by atoms with Crippen molar-refractivity contribution in [3.05, 3.63) is 33.8 Å². The van der Waals surface area contributed by atoms with Crippen molar-refractivity contribution in [3.8, 4) is 0 Å². The topological polar surface area (TPSA) is 21.3 Å². The van der Waals surface area contributed by atoms with Crippen LogP contribution in [-0.4, -0.2) is 26.3 Å². The molecule has 1 aromatic rings. The molecule has 20 heavy (non-hydrogen) atoms.